The molecule has 1 aliphatic rings. The maximum Gasteiger partial charge on any atom is 0.285 e. The molecule has 2 aromatic rings. The fourth-order valence-corrected chi connectivity index (χ4v) is 3.04. The van der Waals surface area contributed by atoms with Gasteiger partial charge in [0.2, 0.25) is 0 Å². The molecule has 130 valence electrons. The number of piperidine rings is 1. The van der Waals surface area contributed by atoms with Crippen LogP contribution in [-0.4, -0.2) is 34.0 Å². The lowest BCUT2D eigenvalue weighted by molar-refractivity contribution is -0.385. The zero-order valence-corrected chi connectivity index (χ0v) is 14.0. The standard InChI is InChI=1S/C19H21N3O3/c23-19-7-6-18(22(24)25)15-21(19)13-12-20-10-8-17(9-11-20)14-16-4-2-1-3-5-16/h1-7,14-15H,8-13H2. The van der Waals surface area contributed by atoms with Crippen molar-refractivity contribution >= 4 is 11.8 Å². The molecular weight excluding hydrogens is 318 g/mol. The predicted molar refractivity (Wildman–Crippen MR) is 97.4 cm³/mol. The lowest BCUT2D eigenvalue weighted by Gasteiger charge is -2.28. The quantitative estimate of drug-likeness (QED) is 0.620. The van der Waals surface area contributed by atoms with Gasteiger partial charge in [0.05, 0.1) is 11.1 Å². The van der Waals surface area contributed by atoms with Crippen molar-refractivity contribution in [3.8, 4) is 0 Å². The van der Waals surface area contributed by atoms with Gasteiger partial charge < -0.3 is 9.47 Å². The van der Waals surface area contributed by atoms with Crippen molar-refractivity contribution in [1.82, 2.24) is 9.47 Å². The van der Waals surface area contributed by atoms with Crippen LogP contribution >= 0.6 is 0 Å². The Morgan fingerprint density at radius 1 is 1.04 bits per heavy atom. The van der Waals surface area contributed by atoms with Gasteiger partial charge >= 0.3 is 0 Å². The summed E-state index contributed by atoms with van der Waals surface area (Å²) in [6.45, 7) is 3.09. The molecule has 1 aromatic heterocycles. The number of hydrogen-bond donors (Lipinski definition) is 0. The van der Waals surface area contributed by atoms with E-state index in [4.69, 9.17) is 0 Å². The Balaban J connectivity index is 1.55. The maximum atomic E-state index is 11.8. The van der Waals surface area contributed by atoms with Crippen LogP contribution in [0.2, 0.25) is 0 Å². The first-order chi connectivity index (χ1) is 12.1. The number of aromatic nitrogens is 1. The van der Waals surface area contributed by atoms with Crippen molar-refractivity contribution < 1.29 is 4.92 Å². The van der Waals surface area contributed by atoms with E-state index in [1.54, 1.807) is 0 Å². The molecule has 1 aliphatic heterocycles. The normalized spacial score (nSPS) is 15.1. The smallest absolute Gasteiger partial charge is 0.285 e. The minimum Gasteiger partial charge on any atom is -0.308 e. The second kappa shape index (κ2) is 7.90. The van der Waals surface area contributed by atoms with E-state index in [0.29, 0.717) is 6.54 Å². The van der Waals surface area contributed by atoms with Crippen LogP contribution < -0.4 is 5.56 Å². The minimum atomic E-state index is -0.475. The van der Waals surface area contributed by atoms with Gasteiger partial charge in [0.15, 0.2) is 0 Å². The number of nitrogens with zero attached hydrogens (tertiary/aromatic N) is 3. The van der Waals surface area contributed by atoms with Crippen LogP contribution in [0.4, 0.5) is 5.69 Å². The van der Waals surface area contributed by atoms with E-state index in [-0.39, 0.29) is 11.2 Å². The van der Waals surface area contributed by atoms with Crippen LogP contribution in [0.15, 0.2) is 59.0 Å². The first-order valence-corrected chi connectivity index (χ1v) is 8.43. The summed E-state index contributed by atoms with van der Waals surface area (Å²) in [6.07, 6.45) is 5.60. The van der Waals surface area contributed by atoms with Gasteiger partial charge in [-0.1, -0.05) is 42.0 Å². The highest BCUT2D eigenvalue weighted by molar-refractivity contribution is 5.52. The van der Waals surface area contributed by atoms with Crippen LogP contribution in [-0.2, 0) is 6.54 Å². The van der Waals surface area contributed by atoms with Crippen molar-refractivity contribution in [2.45, 2.75) is 19.4 Å². The summed E-state index contributed by atoms with van der Waals surface area (Å²) in [4.78, 5) is 24.5. The van der Waals surface area contributed by atoms with Gasteiger partial charge in [-0.2, -0.15) is 0 Å². The molecule has 2 heterocycles. The topological polar surface area (TPSA) is 68.4 Å². The number of benzene rings is 1. The molecule has 0 amide bonds. The molecule has 1 saturated heterocycles. The SMILES string of the molecule is O=c1ccc([N+](=O)[O-])cn1CCN1CCC(=Cc2ccccc2)CC1. The van der Waals surface area contributed by atoms with E-state index in [2.05, 4.69) is 23.1 Å². The van der Waals surface area contributed by atoms with Gasteiger partial charge in [0.25, 0.3) is 11.2 Å². The number of likely N-dealkylation sites (tertiary alicyclic amines) is 1. The van der Waals surface area contributed by atoms with E-state index < -0.39 is 4.92 Å². The van der Waals surface area contributed by atoms with Gasteiger partial charge in [-0.3, -0.25) is 14.9 Å². The van der Waals surface area contributed by atoms with Crippen LogP contribution in [0.1, 0.15) is 18.4 Å². The predicted octanol–water partition coefficient (Wildman–Crippen LogP) is 2.94. The van der Waals surface area contributed by atoms with Crippen molar-refractivity contribution in [3.63, 3.8) is 0 Å². The molecular formula is C19H21N3O3. The molecule has 25 heavy (non-hydrogen) atoms. The third kappa shape index (κ3) is 4.64. The number of hydrogen-bond acceptors (Lipinski definition) is 4. The van der Waals surface area contributed by atoms with Gasteiger partial charge in [-0.05, 0) is 18.4 Å². The summed E-state index contributed by atoms with van der Waals surface area (Å²) < 4.78 is 1.42. The Labute approximate surface area is 146 Å². The molecule has 0 spiro atoms. The fourth-order valence-electron chi connectivity index (χ4n) is 3.04. The Morgan fingerprint density at radius 2 is 1.76 bits per heavy atom. The van der Waals surface area contributed by atoms with Gasteiger partial charge in [-0.25, -0.2) is 0 Å². The molecule has 0 aliphatic carbocycles. The van der Waals surface area contributed by atoms with Gasteiger partial charge in [0.1, 0.15) is 0 Å². The Morgan fingerprint density at radius 3 is 2.44 bits per heavy atom. The lowest BCUT2D eigenvalue weighted by atomic mass is 10.0. The summed E-state index contributed by atoms with van der Waals surface area (Å²) in [6, 6.07) is 12.8. The van der Waals surface area contributed by atoms with Crippen LogP contribution in [0.3, 0.4) is 0 Å². The largest absolute Gasteiger partial charge is 0.308 e. The second-order valence-corrected chi connectivity index (χ2v) is 6.23. The molecule has 0 atom stereocenters. The molecule has 0 saturated carbocycles. The Hall–Kier alpha value is -2.73. The molecule has 1 fully saturated rings. The first-order valence-electron chi connectivity index (χ1n) is 8.43. The zero-order valence-electron chi connectivity index (χ0n) is 14.0. The van der Waals surface area contributed by atoms with Crippen LogP contribution in [0.5, 0.6) is 0 Å². The Bertz CT molecular complexity index is 817. The van der Waals surface area contributed by atoms with Crippen LogP contribution in [0.25, 0.3) is 6.08 Å². The summed E-state index contributed by atoms with van der Waals surface area (Å²) in [7, 11) is 0. The summed E-state index contributed by atoms with van der Waals surface area (Å²) >= 11 is 0. The van der Waals surface area contributed by atoms with Gasteiger partial charge in [0, 0.05) is 38.3 Å². The minimum absolute atomic E-state index is 0.0497. The van der Waals surface area contributed by atoms with Crippen molar-refractivity contribution in [3.05, 3.63) is 80.3 Å². The van der Waals surface area contributed by atoms with E-state index in [9.17, 15) is 14.9 Å². The molecule has 6 nitrogen and oxygen atoms in total. The average molecular weight is 339 g/mol. The second-order valence-electron chi connectivity index (χ2n) is 6.23. The monoisotopic (exact) mass is 339 g/mol. The van der Waals surface area contributed by atoms with Crippen LogP contribution in [0, 0.1) is 10.1 Å². The highest BCUT2D eigenvalue weighted by atomic mass is 16.6. The lowest BCUT2D eigenvalue weighted by Crippen LogP contribution is -2.35. The van der Waals surface area contributed by atoms with E-state index in [0.717, 1.165) is 32.5 Å². The maximum absolute atomic E-state index is 11.8. The fraction of sp³-hybridized carbons (Fsp3) is 0.316. The summed E-state index contributed by atoms with van der Waals surface area (Å²) in [5.41, 5.74) is 2.42. The van der Waals surface area contributed by atoms with E-state index in [1.165, 1.54) is 34.0 Å². The number of pyridine rings is 1. The molecule has 0 bridgehead atoms. The van der Waals surface area contributed by atoms with Crippen molar-refractivity contribution in [2.24, 2.45) is 0 Å². The number of nitro groups is 1. The van der Waals surface area contributed by atoms with E-state index >= 15 is 0 Å². The number of rotatable bonds is 5. The van der Waals surface area contributed by atoms with Crippen molar-refractivity contribution in [1.29, 1.82) is 0 Å². The third-order valence-corrected chi connectivity index (χ3v) is 4.50. The van der Waals surface area contributed by atoms with Crippen molar-refractivity contribution in [2.75, 3.05) is 19.6 Å². The first kappa shape index (κ1) is 17.1. The molecule has 0 N–H and O–H groups in total. The van der Waals surface area contributed by atoms with Gasteiger partial charge in [-0.15, -0.1) is 0 Å². The summed E-state index contributed by atoms with van der Waals surface area (Å²) in [5, 5.41) is 10.8. The zero-order chi connectivity index (χ0) is 17.6. The summed E-state index contributed by atoms with van der Waals surface area (Å²) in [5.74, 6) is 0. The Kier molecular flexibility index (Phi) is 5.40. The highest BCUT2D eigenvalue weighted by Crippen LogP contribution is 2.19. The third-order valence-electron chi connectivity index (χ3n) is 4.50. The molecule has 0 unspecified atom stereocenters. The molecule has 3 rings (SSSR count). The molecule has 0 radical (unpaired) electrons. The highest BCUT2D eigenvalue weighted by Gasteiger charge is 2.14. The van der Waals surface area contributed by atoms with E-state index in [1.807, 2.05) is 18.2 Å². The molecule has 6 heteroatoms. The molecule has 1 aromatic carbocycles. The average Bonchev–Trinajstić information content (AvgIpc) is 2.63.